The second-order valence-corrected chi connectivity index (χ2v) is 4.91. The first-order chi connectivity index (χ1) is 6.57. The fraction of sp³-hybridized carbons (Fsp3) is 0.300. The highest BCUT2D eigenvalue weighted by atomic mass is 79.9. The minimum Gasteiger partial charge on any atom is -0.293 e. The minimum absolute atomic E-state index is 0.0260. The van der Waals surface area contributed by atoms with Crippen molar-refractivity contribution in [2.75, 3.05) is 0 Å². The summed E-state index contributed by atoms with van der Waals surface area (Å²) < 4.78 is 0. The van der Waals surface area contributed by atoms with Gasteiger partial charge in [0, 0.05) is 11.4 Å². The van der Waals surface area contributed by atoms with E-state index < -0.39 is 0 Å². The summed E-state index contributed by atoms with van der Waals surface area (Å²) in [5, 5.41) is 0.457. The summed E-state index contributed by atoms with van der Waals surface area (Å²) in [5.74, 6) is 0.290. The maximum atomic E-state index is 11.7. The van der Waals surface area contributed by atoms with Gasteiger partial charge in [-0.25, -0.2) is 0 Å². The van der Waals surface area contributed by atoms with Gasteiger partial charge in [0.15, 0.2) is 5.78 Å². The van der Waals surface area contributed by atoms with Gasteiger partial charge in [-0.2, -0.15) is 0 Å². The first-order valence-corrected chi connectivity index (χ1v) is 5.92. The topological polar surface area (TPSA) is 17.1 Å². The number of hydrogen-bond donors (Lipinski definition) is 0. The highest BCUT2D eigenvalue weighted by molar-refractivity contribution is 9.10. The molecule has 0 spiro atoms. The molecule has 0 aliphatic heterocycles. The van der Waals surface area contributed by atoms with Crippen LogP contribution in [0, 0.1) is 0 Å². The van der Waals surface area contributed by atoms with E-state index in [-0.39, 0.29) is 10.6 Å². The van der Waals surface area contributed by atoms with Crippen molar-refractivity contribution >= 4 is 44.9 Å². The molecule has 1 aromatic rings. The minimum atomic E-state index is -0.231. The van der Waals surface area contributed by atoms with Gasteiger partial charge in [0.1, 0.15) is 0 Å². The first kappa shape index (κ1) is 12.0. The molecule has 0 saturated heterocycles. The highest BCUT2D eigenvalue weighted by Crippen LogP contribution is 2.24. The van der Waals surface area contributed by atoms with E-state index in [1.807, 2.05) is 6.07 Å². The van der Waals surface area contributed by atoms with Crippen molar-refractivity contribution in [1.82, 2.24) is 0 Å². The summed E-state index contributed by atoms with van der Waals surface area (Å²) in [6.07, 6.45) is 0. The molecule has 1 atom stereocenters. The molecule has 0 amide bonds. The Morgan fingerprint density at radius 1 is 1.57 bits per heavy atom. The quantitative estimate of drug-likeness (QED) is 0.607. The fourth-order valence-corrected chi connectivity index (χ4v) is 1.91. The molecular weight excluding hydrogens is 287 g/mol. The van der Waals surface area contributed by atoms with Crippen LogP contribution in [0.2, 0.25) is 5.02 Å². The Morgan fingerprint density at radius 2 is 2.21 bits per heavy atom. The molecule has 0 fully saturated rings. The molecule has 0 aliphatic carbocycles. The normalized spacial score (nSPS) is 12.6. The molecule has 1 rings (SSSR count). The predicted octanol–water partition coefficient (Wildman–Crippen LogP) is 4.04. The Hall–Kier alpha value is -0.0500. The Kier molecular flexibility index (Phi) is 4.42. The summed E-state index contributed by atoms with van der Waals surface area (Å²) in [6.45, 7) is 1.77. The van der Waals surface area contributed by atoms with Gasteiger partial charge < -0.3 is 0 Å². The van der Waals surface area contributed by atoms with Crippen molar-refractivity contribution in [2.24, 2.45) is 0 Å². The van der Waals surface area contributed by atoms with Gasteiger partial charge >= 0.3 is 0 Å². The van der Waals surface area contributed by atoms with Crippen LogP contribution >= 0.6 is 39.1 Å². The molecule has 1 nitrogen and oxygen atoms in total. The smallest absolute Gasteiger partial charge is 0.177 e. The van der Waals surface area contributed by atoms with E-state index in [1.165, 1.54) is 0 Å². The third-order valence-corrected chi connectivity index (χ3v) is 3.00. The summed E-state index contributed by atoms with van der Waals surface area (Å²) in [7, 11) is 0. The summed E-state index contributed by atoms with van der Waals surface area (Å²) in [4.78, 5) is 11.4. The molecule has 0 radical (unpaired) electrons. The Bertz CT molecular complexity index is 350. The number of carbonyl (C=O) groups is 1. The molecule has 14 heavy (non-hydrogen) atoms. The number of alkyl halides is 2. The summed E-state index contributed by atoms with van der Waals surface area (Å²) in [5.41, 5.74) is 1.31. The van der Waals surface area contributed by atoms with Crippen LogP contribution in [-0.4, -0.2) is 10.6 Å². The maximum absolute atomic E-state index is 11.7. The number of benzene rings is 1. The lowest BCUT2D eigenvalue weighted by Crippen LogP contribution is -2.11. The van der Waals surface area contributed by atoms with E-state index in [1.54, 1.807) is 19.1 Å². The van der Waals surface area contributed by atoms with Gasteiger partial charge in [0.05, 0.1) is 9.85 Å². The number of carbonyl (C=O) groups excluding carboxylic acids is 1. The van der Waals surface area contributed by atoms with Crippen molar-refractivity contribution in [3.8, 4) is 0 Å². The number of halogens is 3. The zero-order chi connectivity index (χ0) is 10.7. The lowest BCUT2D eigenvalue weighted by molar-refractivity contribution is 0.0996. The van der Waals surface area contributed by atoms with E-state index in [4.69, 9.17) is 23.2 Å². The van der Waals surface area contributed by atoms with Gasteiger partial charge in [-0.15, -0.1) is 11.6 Å². The number of ketones is 1. The molecule has 76 valence electrons. The van der Waals surface area contributed by atoms with Crippen LogP contribution in [-0.2, 0) is 5.88 Å². The standard InChI is InChI=1S/C10H9BrCl2O/c1-6(11)10(14)8-4-2-3-7(5-12)9(8)13/h2-4,6H,5H2,1H3. The fourth-order valence-electron chi connectivity index (χ4n) is 1.09. The van der Waals surface area contributed by atoms with Crippen molar-refractivity contribution in [3.05, 3.63) is 34.3 Å². The first-order valence-electron chi connectivity index (χ1n) is 4.09. The van der Waals surface area contributed by atoms with Gasteiger partial charge in [0.2, 0.25) is 0 Å². The number of hydrogen-bond acceptors (Lipinski definition) is 1. The molecule has 4 heteroatoms. The third-order valence-electron chi connectivity index (χ3n) is 1.85. The lowest BCUT2D eigenvalue weighted by Gasteiger charge is -2.07. The second kappa shape index (κ2) is 5.15. The maximum Gasteiger partial charge on any atom is 0.177 e. The van der Waals surface area contributed by atoms with Gasteiger partial charge in [-0.3, -0.25) is 4.79 Å². The van der Waals surface area contributed by atoms with E-state index in [0.29, 0.717) is 16.5 Å². The molecule has 0 N–H and O–H groups in total. The van der Waals surface area contributed by atoms with Gasteiger partial charge in [-0.1, -0.05) is 39.7 Å². The summed E-state index contributed by atoms with van der Waals surface area (Å²) >= 11 is 14.9. The molecule has 0 heterocycles. The lowest BCUT2D eigenvalue weighted by atomic mass is 10.1. The van der Waals surface area contributed by atoms with Gasteiger partial charge in [-0.05, 0) is 18.6 Å². The molecule has 0 aromatic heterocycles. The SMILES string of the molecule is CC(Br)C(=O)c1cccc(CCl)c1Cl. The van der Waals surface area contributed by atoms with Crippen LogP contribution in [0.15, 0.2) is 18.2 Å². The van der Waals surface area contributed by atoms with Crippen LogP contribution in [0.1, 0.15) is 22.8 Å². The molecule has 1 unspecified atom stereocenters. The Balaban J connectivity index is 3.16. The second-order valence-electron chi connectivity index (χ2n) is 2.89. The predicted molar refractivity (Wildman–Crippen MR) is 63.7 cm³/mol. The summed E-state index contributed by atoms with van der Waals surface area (Å²) in [6, 6.07) is 5.30. The average Bonchev–Trinajstić information content (AvgIpc) is 2.17. The molecule has 0 saturated carbocycles. The zero-order valence-electron chi connectivity index (χ0n) is 7.56. The van der Waals surface area contributed by atoms with Crippen molar-refractivity contribution in [1.29, 1.82) is 0 Å². The van der Waals surface area contributed by atoms with Crippen molar-refractivity contribution in [2.45, 2.75) is 17.6 Å². The van der Waals surface area contributed by atoms with Crippen LogP contribution in [0.4, 0.5) is 0 Å². The van der Waals surface area contributed by atoms with E-state index in [9.17, 15) is 4.79 Å². The third kappa shape index (κ3) is 2.50. The van der Waals surface area contributed by atoms with E-state index in [0.717, 1.165) is 5.56 Å². The van der Waals surface area contributed by atoms with E-state index >= 15 is 0 Å². The molecule has 0 bridgehead atoms. The van der Waals surface area contributed by atoms with Crippen LogP contribution in [0.25, 0.3) is 0 Å². The van der Waals surface area contributed by atoms with Crippen LogP contribution in [0.5, 0.6) is 0 Å². The number of Topliss-reactive ketones (excluding diaryl/α,β-unsaturated/α-hetero) is 1. The van der Waals surface area contributed by atoms with Crippen molar-refractivity contribution < 1.29 is 4.79 Å². The zero-order valence-corrected chi connectivity index (χ0v) is 10.7. The van der Waals surface area contributed by atoms with Crippen molar-refractivity contribution in [3.63, 3.8) is 0 Å². The Morgan fingerprint density at radius 3 is 2.71 bits per heavy atom. The van der Waals surface area contributed by atoms with Gasteiger partial charge in [0.25, 0.3) is 0 Å². The van der Waals surface area contributed by atoms with Crippen LogP contribution in [0.3, 0.4) is 0 Å². The highest BCUT2D eigenvalue weighted by Gasteiger charge is 2.16. The monoisotopic (exact) mass is 294 g/mol. The molecule has 0 aliphatic rings. The molecule has 1 aromatic carbocycles. The largest absolute Gasteiger partial charge is 0.293 e. The average molecular weight is 296 g/mol. The molecular formula is C10H9BrCl2O. The Labute approximate surface area is 102 Å². The van der Waals surface area contributed by atoms with Crippen LogP contribution < -0.4 is 0 Å². The number of rotatable bonds is 3. The van der Waals surface area contributed by atoms with E-state index in [2.05, 4.69) is 15.9 Å².